The first-order valence-electron chi connectivity index (χ1n) is 5.93. The van der Waals surface area contributed by atoms with E-state index < -0.39 is 0 Å². The molecule has 0 saturated heterocycles. The minimum Gasteiger partial charge on any atom is -0.506 e. The Labute approximate surface area is 129 Å². The van der Waals surface area contributed by atoms with Gasteiger partial charge in [-0.2, -0.15) is 0 Å². The van der Waals surface area contributed by atoms with E-state index in [-0.39, 0.29) is 28.7 Å². The van der Waals surface area contributed by atoms with Crippen molar-refractivity contribution in [3.63, 3.8) is 0 Å². The Bertz CT molecular complexity index is 733. The van der Waals surface area contributed by atoms with Gasteiger partial charge >= 0.3 is 0 Å². The number of aryl methyl sites for hydroxylation is 1. The third-order valence-electron chi connectivity index (χ3n) is 2.42. The van der Waals surface area contributed by atoms with Crippen LogP contribution in [-0.4, -0.2) is 26.7 Å². The molecule has 0 saturated carbocycles. The number of rotatable bonds is 4. The molecule has 2 aromatic rings. The summed E-state index contributed by atoms with van der Waals surface area (Å²) in [7, 11) is 0. The van der Waals surface area contributed by atoms with Crippen molar-refractivity contribution in [1.82, 2.24) is 9.97 Å². The van der Waals surface area contributed by atoms with Gasteiger partial charge in [0, 0.05) is 16.8 Å². The van der Waals surface area contributed by atoms with Gasteiger partial charge in [0.2, 0.25) is 5.91 Å². The van der Waals surface area contributed by atoms with Crippen LogP contribution in [0.2, 0.25) is 5.02 Å². The van der Waals surface area contributed by atoms with Gasteiger partial charge in [-0.05, 0) is 25.1 Å². The van der Waals surface area contributed by atoms with Gasteiger partial charge in [-0.1, -0.05) is 23.4 Å². The third-order valence-corrected chi connectivity index (χ3v) is 3.53. The SMILES string of the molecule is Cc1cc(=O)[nH]c(SCC(=O)Nc2cc(Cl)ccc2O)n1. The summed E-state index contributed by atoms with van der Waals surface area (Å²) in [5.41, 5.74) is 0.547. The number of aromatic nitrogens is 2. The smallest absolute Gasteiger partial charge is 0.251 e. The predicted octanol–water partition coefficient (Wildman–Crippen LogP) is 2.17. The fourth-order valence-electron chi connectivity index (χ4n) is 1.55. The summed E-state index contributed by atoms with van der Waals surface area (Å²) in [6, 6.07) is 5.73. The highest BCUT2D eigenvalue weighted by Gasteiger charge is 2.09. The van der Waals surface area contributed by atoms with Crippen molar-refractivity contribution >= 4 is 35.0 Å². The number of benzene rings is 1. The van der Waals surface area contributed by atoms with Crippen LogP contribution in [-0.2, 0) is 4.79 Å². The standard InChI is InChI=1S/C13H12ClN3O3S/c1-7-4-11(19)17-13(15-7)21-6-12(20)16-9-5-8(14)2-3-10(9)18/h2-5,18H,6H2,1H3,(H,16,20)(H,15,17,19). The molecule has 1 heterocycles. The number of aromatic amines is 1. The lowest BCUT2D eigenvalue weighted by Crippen LogP contribution is -2.15. The van der Waals surface area contributed by atoms with Gasteiger partial charge < -0.3 is 15.4 Å². The van der Waals surface area contributed by atoms with Crippen LogP contribution >= 0.6 is 23.4 Å². The molecule has 0 aliphatic rings. The number of carbonyl (C=O) groups excluding carboxylic acids is 1. The summed E-state index contributed by atoms with van der Waals surface area (Å²) in [6.45, 7) is 1.70. The van der Waals surface area contributed by atoms with Gasteiger partial charge in [-0.15, -0.1) is 0 Å². The summed E-state index contributed by atoms with van der Waals surface area (Å²) >= 11 is 6.88. The Morgan fingerprint density at radius 2 is 2.24 bits per heavy atom. The van der Waals surface area contributed by atoms with Gasteiger partial charge in [0.1, 0.15) is 5.75 Å². The van der Waals surface area contributed by atoms with Crippen molar-refractivity contribution in [2.75, 3.05) is 11.1 Å². The molecule has 6 nitrogen and oxygen atoms in total. The van der Waals surface area contributed by atoms with Crippen molar-refractivity contribution in [3.8, 4) is 5.75 Å². The Morgan fingerprint density at radius 3 is 2.95 bits per heavy atom. The summed E-state index contributed by atoms with van der Waals surface area (Å²) in [5, 5.41) is 12.9. The molecule has 0 spiro atoms. The number of nitrogens with one attached hydrogen (secondary N) is 2. The largest absolute Gasteiger partial charge is 0.506 e. The molecule has 110 valence electrons. The first-order valence-corrected chi connectivity index (χ1v) is 7.29. The van der Waals surface area contributed by atoms with Gasteiger partial charge in [-0.25, -0.2) is 4.98 Å². The highest BCUT2D eigenvalue weighted by Crippen LogP contribution is 2.26. The predicted molar refractivity (Wildman–Crippen MR) is 82.1 cm³/mol. The molecule has 0 aliphatic heterocycles. The molecule has 1 aromatic carbocycles. The second-order valence-electron chi connectivity index (χ2n) is 4.19. The molecule has 1 amide bonds. The maximum absolute atomic E-state index is 11.8. The fourth-order valence-corrected chi connectivity index (χ4v) is 2.44. The number of halogens is 1. The monoisotopic (exact) mass is 325 g/mol. The Hall–Kier alpha value is -1.99. The van der Waals surface area contributed by atoms with Crippen LogP contribution in [0.5, 0.6) is 5.75 Å². The van der Waals surface area contributed by atoms with Crippen molar-refractivity contribution in [1.29, 1.82) is 0 Å². The van der Waals surface area contributed by atoms with E-state index in [1.165, 1.54) is 24.3 Å². The van der Waals surface area contributed by atoms with Gasteiger partial charge in [0.15, 0.2) is 5.16 Å². The van der Waals surface area contributed by atoms with Crippen LogP contribution in [0.15, 0.2) is 34.2 Å². The number of phenolic OH excluding ortho intramolecular Hbond substituents is 1. The summed E-state index contributed by atoms with van der Waals surface area (Å²) in [4.78, 5) is 29.7. The van der Waals surface area contributed by atoms with Crippen molar-refractivity contribution in [2.24, 2.45) is 0 Å². The normalized spacial score (nSPS) is 10.4. The number of hydrogen-bond donors (Lipinski definition) is 3. The average Bonchev–Trinajstić information content (AvgIpc) is 2.40. The molecule has 2 rings (SSSR count). The second-order valence-corrected chi connectivity index (χ2v) is 5.59. The number of aromatic hydroxyl groups is 1. The molecule has 8 heteroatoms. The van der Waals surface area contributed by atoms with Gasteiger partial charge in [0.25, 0.3) is 5.56 Å². The van der Waals surface area contributed by atoms with E-state index in [4.69, 9.17) is 11.6 Å². The number of thioether (sulfide) groups is 1. The molecule has 0 fully saturated rings. The molecule has 0 bridgehead atoms. The third kappa shape index (κ3) is 4.51. The zero-order chi connectivity index (χ0) is 15.4. The van der Waals surface area contributed by atoms with Crippen LogP contribution in [0.1, 0.15) is 5.69 Å². The van der Waals surface area contributed by atoms with E-state index in [0.29, 0.717) is 15.9 Å². The molecule has 0 atom stereocenters. The van der Waals surface area contributed by atoms with E-state index in [9.17, 15) is 14.7 Å². The van der Waals surface area contributed by atoms with Crippen molar-refractivity contribution < 1.29 is 9.90 Å². The number of nitrogens with zero attached hydrogens (tertiary/aromatic N) is 1. The number of anilines is 1. The highest BCUT2D eigenvalue weighted by molar-refractivity contribution is 7.99. The topological polar surface area (TPSA) is 95.1 Å². The van der Waals surface area contributed by atoms with Gasteiger partial charge in [0.05, 0.1) is 11.4 Å². The van der Waals surface area contributed by atoms with Crippen molar-refractivity contribution in [2.45, 2.75) is 12.1 Å². The zero-order valence-corrected chi connectivity index (χ0v) is 12.6. The van der Waals surface area contributed by atoms with Crippen LogP contribution in [0.3, 0.4) is 0 Å². The van der Waals surface area contributed by atoms with Crippen LogP contribution in [0.25, 0.3) is 0 Å². The first-order chi connectivity index (χ1) is 9.94. The molecular formula is C13H12ClN3O3S. The van der Waals surface area contributed by atoms with E-state index >= 15 is 0 Å². The molecule has 0 unspecified atom stereocenters. The van der Waals surface area contributed by atoms with Crippen LogP contribution in [0.4, 0.5) is 5.69 Å². The summed E-state index contributed by atoms with van der Waals surface area (Å²) in [6.07, 6.45) is 0. The number of amides is 1. The average molecular weight is 326 g/mol. The van der Waals surface area contributed by atoms with E-state index in [2.05, 4.69) is 15.3 Å². The van der Waals surface area contributed by atoms with Crippen LogP contribution in [0, 0.1) is 6.92 Å². The highest BCUT2D eigenvalue weighted by atomic mass is 35.5. The number of H-pyrrole nitrogens is 1. The lowest BCUT2D eigenvalue weighted by molar-refractivity contribution is -0.113. The lowest BCUT2D eigenvalue weighted by Gasteiger charge is -2.07. The molecule has 0 radical (unpaired) electrons. The minimum absolute atomic E-state index is 0.0400. The fraction of sp³-hybridized carbons (Fsp3) is 0.154. The Balaban J connectivity index is 1.99. The molecule has 1 aromatic heterocycles. The number of hydrogen-bond acceptors (Lipinski definition) is 5. The number of carbonyl (C=O) groups is 1. The molecule has 3 N–H and O–H groups in total. The second kappa shape index (κ2) is 6.64. The molecular weight excluding hydrogens is 314 g/mol. The first kappa shape index (κ1) is 15.4. The minimum atomic E-state index is -0.346. The maximum atomic E-state index is 11.8. The van der Waals surface area contributed by atoms with Crippen molar-refractivity contribution in [3.05, 3.63) is 45.3 Å². The Morgan fingerprint density at radius 1 is 1.48 bits per heavy atom. The zero-order valence-electron chi connectivity index (χ0n) is 11.0. The van der Waals surface area contributed by atoms with E-state index in [0.717, 1.165) is 11.8 Å². The Kier molecular flexibility index (Phi) is 4.87. The lowest BCUT2D eigenvalue weighted by atomic mass is 10.3. The molecule has 21 heavy (non-hydrogen) atoms. The van der Waals surface area contributed by atoms with Gasteiger partial charge in [-0.3, -0.25) is 9.59 Å². The van der Waals surface area contributed by atoms with E-state index in [1.54, 1.807) is 6.92 Å². The maximum Gasteiger partial charge on any atom is 0.251 e. The van der Waals surface area contributed by atoms with E-state index in [1.807, 2.05) is 0 Å². The molecule has 0 aliphatic carbocycles. The quantitative estimate of drug-likeness (QED) is 0.455. The van der Waals surface area contributed by atoms with Crippen LogP contribution < -0.4 is 10.9 Å². The number of phenols is 1. The summed E-state index contributed by atoms with van der Waals surface area (Å²) in [5.74, 6) is -0.375. The summed E-state index contributed by atoms with van der Waals surface area (Å²) < 4.78 is 0.